The number of amides is 1. The Kier molecular flexibility index (Phi) is 5.11. The van der Waals surface area contributed by atoms with Gasteiger partial charge >= 0.3 is 0 Å². The van der Waals surface area contributed by atoms with Crippen LogP contribution in [0.15, 0.2) is 18.2 Å². The molecule has 0 spiro atoms. The molecule has 0 radical (unpaired) electrons. The van der Waals surface area contributed by atoms with Crippen LogP contribution in [0.3, 0.4) is 0 Å². The SMILES string of the molecule is C[C@@H](C(=O)N1CCCN(C)c2ccc(F)cc21)N1CCSCC1. The number of thioether (sulfide) groups is 1. The molecule has 2 heterocycles. The molecule has 23 heavy (non-hydrogen) atoms. The zero-order valence-corrected chi connectivity index (χ0v) is 14.6. The van der Waals surface area contributed by atoms with Gasteiger partial charge in [0.25, 0.3) is 0 Å². The molecule has 1 aromatic rings. The summed E-state index contributed by atoms with van der Waals surface area (Å²) in [5.74, 6) is 1.94. The maximum atomic E-state index is 13.8. The predicted molar refractivity (Wildman–Crippen MR) is 95.0 cm³/mol. The van der Waals surface area contributed by atoms with E-state index in [0.29, 0.717) is 12.2 Å². The van der Waals surface area contributed by atoms with Crippen LogP contribution in [-0.2, 0) is 4.79 Å². The molecule has 1 aromatic carbocycles. The standard InChI is InChI=1S/C17H24FN3OS/c1-13(20-8-10-23-11-9-20)17(22)21-7-3-6-19(2)15-5-4-14(18)12-16(15)21/h4-5,12-13H,3,6-11H2,1-2H3/t13-/m0/s1. The fourth-order valence-electron chi connectivity index (χ4n) is 3.32. The van der Waals surface area contributed by atoms with Crippen molar-refractivity contribution in [3.05, 3.63) is 24.0 Å². The van der Waals surface area contributed by atoms with Crippen LogP contribution in [0.2, 0.25) is 0 Å². The first kappa shape index (κ1) is 16.6. The van der Waals surface area contributed by atoms with E-state index >= 15 is 0 Å². The number of hydrogen-bond acceptors (Lipinski definition) is 4. The minimum atomic E-state index is -0.293. The van der Waals surface area contributed by atoms with Crippen molar-refractivity contribution in [2.24, 2.45) is 0 Å². The Labute approximate surface area is 141 Å². The van der Waals surface area contributed by atoms with E-state index in [9.17, 15) is 9.18 Å². The first-order valence-electron chi connectivity index (χ1n) is 8.22. The van der Waals surface area contributed by atoms with E-state index in [-0.39, 0.29) is 17.8 Å². The van der Waals surface area contributed by atoms with E-state index < -0.39 is 0 Å². The van der Waals surface area contributed by atoms with Crippen LogP contribution in [0.4, 0.5) is 15.8 Å². The summed E-state index contributed by atoms with van der Waals surface area (Å²) in [4.78, 5) is 19.2. The van der Waals surface area contributed by atoms with Crippen molar-refractivity contribution < 1.29 is 9.18 Å². The third kappa shape index (κ3) is 3.48. The maximum absolute atomic E-state index is 13.8. The van der Waals surface area contributed by atoms with Gasteiger partial charge < -0.3 is 9.80 Å². The quantitative estimate of drug-likeness (QED) is 0.828. The predicted octanol–water partition coefficient (Wildman–Crippen LogP) is 2.44. The summed E-state index contributed by atoms with van der Waals surface area (Å²) in [7, 11) is 2.00. The lowest BCUT2D eigenvalue weighted by Gasteiger charge is -2.34. The Bertz CT molecular complexity index is 577. The van der Waals surface area contributed by atoms with Gasteiger partial charge in [-0.25, -0.2) is 4.39 Å². The average molecular weight is 337 g/mol. The van der Waals surface area contributed by atoms with Crippen LogP contribution >= 0.6 is 11.8 Å². The number of nitrogens with zero attached hydrogens (tertiary/aromatic N) is 3. The smallest absolute Gasteiger partial charge is 0.244 e. The van der Waals surface area contributed by atoms with Gasteiger partial charge in [0.05, 0.1) is 17.4 Å². The first-order valence-corrected chi connectivity index (χ1v) is 9.37. The second-order valence-corrected chi connectivity index (χ2v) is 7.45. The molecule has 0 aliphatic carbocycles. The van der Waals surface area contributed by atoms with Crippen LogP contribution in [0.25, 0.3) is 0 Å². The number of fused-ring (bicyclic) bond motifs is 1. The molecule has 0 saturated carbocycles. The molecule has 0 unspecified atom stereocenters. The Balaban J connectivity index is 1.87. The molecule has 0 bridgehead atoms. The van der Waals surface area contributed by atoms with Crippen LogP contribution in [0.5, 0.6) is 0 Å². The highest BCUT2D eigenvalue weighted by Gasteiger charge is 2.30. The van der Waals surface area contributed by atoms with Gasteiger partial charge in [-0.05, 0) is 31.5 Å². The van der Waals surface area contributed by atoms with E-state index in [4.69, 9.17) is 0 Å². The third-order valence-electron chi connectivity index (χ3n) is 4.73. The summed E-state index contributed by atoms with van der Waals surface area (Å²) >= 11 is 1.93. The van der Waals surface area contributed by atoms with Gasteiger partial charge in [-0.1, -0.05) is 0 Å². The zero-order valence-electron chi connectivity index (χ0n) is 13.8. The Morgan fingerprint density at radius 1 is 1.17 bits per heavy atom. The van der Waals surface area contributed by atoms with Crippen LogP contribution in [-0.4, -0.2) is 61.6 Å². The largest absolute Gasteiger partial charge is 0.373 e. The molecule has 2 aliphatic rings. The summed E-state index contributed by atoms with van der Waals surface area (Å²) in [5, 5.41) is 0. The van der Waals surface area contributed by atoms with Crippen molar-refractivity contribution in [2.75, 3.05) is 54.5 Å². The molecule has 1 saturated heterocycles. The minimum Gasteiger partial charge on any atom is -0.373 e. The summed E-state index contributed by atoms with van der Waals surface area (Å²) in [5.41, 5.74) is 1.63. The molecule has 6 heteroatoms. The number of benzene rings is 1. The van der Waals surface area contributed by atoms with Gasteiger partial charge in [0, 0.05) is 44.7 Å². The van der Waals surface area contributed by atoms with Crippen molar-refractivity contribution in [2.45, 2.75) is 19.4 Å². The number of halogens is 1. The highest BCUT2D eigenvalue weighted by atomic mass is 32.2. The van der Waals surface area contributed by atoms with Gasteiger partial charge in [-0.15, -0.1) is 0 Å². The van der Waals surface area contributed by atoms with Gasteiger partial charge in [0.2, 0.25) is 5.91 Å². The number of carbonyl (C=O) groups is 1. The van der Waals surface area contributed by atoms with E-state index in [1.54, 1.807) is 11.0 Å². The Morgan fingerprint density at radius 2 is 1.91 bits per heavy atom. The highest BCUT2D eigenvalue weighted by molar-refractivity contribution is 7.99. The number of rotatable bonds is 2. The summed E-state index contributed by atoms with van der Waals surface area (Å²) < 4.78 is 13.8. The third-order valence-corrected chi connectivity index (χ3v) is 5.67. The fourth-order valence-corrected chi connectivity index (χ4v) is 4.25. The van der Waals surface area contributed by atoms with Crippen molar-refractivity contribution in [1.29, 1.82) is 0 Å². The van der Waals surface area contributed by atoms with Crippen LogP contribution in [0, 0.1) is 5.82 Å². The summed E-state index contributed by atoms with van der Waals surface area (Å²) in [6, 6.07) is 4.58. The molecular weight excluding hydrogens is 313 g/mol. The summed E-state index contributed by atoms with van der Waals surface area (Å²) in [6.07, 6.45) is 0.890. The molecule has 2 aliphatic heterocycles. The van der Waals surface area contributed by atoms with E-state index in [1.807, 2.05) is 25.7 Å². The lowest BCUT2D eigenvalue weighted by atomic mass is 10.2. The van der Waals surface area contributed by atoms with Gasteiger partial charge in [-0.3, -0.25) is 9.69 Å². The maximum Gasteiger partial charge on any atom is 0.244 e. The summed E-state index contributed by atoms with van der Waals surface area (Å²) in [6.45, 7) is 5.39. The van der Waals surface area contributed by atoms with E-state index in [1.165, 1.54) is 12.1 Å². The molecule has 4 nitrogen and oxygen atoms in total. The van der Waals surface area contributed by atoms with Gasteiger partial charge in [0.1, 0.15) is 5.82 Å². The lowest BCUT2D eigenvalue weighted by Crippen LogP contribution is -2.50. The molecule has 1 amide bonds. The lowest BCUT2D eigenvalue weighted by molar-refractivity contribution is -0.123. The van der Waals surface area contributed by atoms with Gasteiger partial charge in [-0.2, -0.15) is 11.8 Å². The van der Waals surface area contributed by atoms with E-state index in [2.05, 4.69) is 9.80 Å². The van der Waals surface area contributed by atoms with E-state index in [0.717, 1.165) is 43.2 Å². The molecule has 126 valence electrons. The van der Waals surface area contributed by atoms with Crippen molar-refractivity contribution >= 4 is 29.0 Å². The molecule has 1 fully saturated rings. The number of hydrogen-bond donors (Lipinski definition) is 0. The molecular formula is C17H24FN3OS. The Hall–Kier alpha value is -1.27. The van der Waals surface area contributed by atoms with Crippen LogP contribution < -0.4 is 9.80 Å². The number of anilines is 2. The second-order valence-electron chi connectivity index (χ2n) is 6.22. The average Bonchev–Trinajstić information content (AvgIpc) is 2.73. The minimum absolute atomic E-state index is 0.0825. The fraction of sp³-hybridized carbons (Fsp3) is 0.588. The van der Waals surface area contributed by atoms with Crippen LogP contribution in [0.1, 0.15) is 13.3 Å². The van der Waals surface area contributed by atoms with Crippen molar-refractivity contribution in [1.82, 2.24) is 4.90 Å². The first-order chi connectivity index (χ1) is 11.1. The van der Waals surface area contributed by atoms with Gasteiger partial charge in [0.15, 0.2) is 0 Å². The normalized spacial score (nSPS) is 20.8. The second kappa shape index (κ2) is 7.09. The molecule has 0 aromatic heterocycles. The number of carbonyl (C=O) groups excluding carboxylic acids is 1. The topological polar surface area (TPSA) is 26.8 Å². The molecule has 0 N–H and O–H groups in total. The zero-order chi connectivity index (χ0) is 16.4. The monoisotopic (exact) mass is 337 g/mol. The van der Waals surface area contributed by atoms with Crippen molar-refractivity contribution in [3.63, 3.8) is 0 Å². The highest BCUT2D eigenvalue weighted by Crippen LogP contribution is 2.33. The molecule has 3 rings (SSSR count). The Morgan fingerprint density at radius 3 is 2.65 bits per heavy atom. The van der Waals surface area contributed by atoms with Crippen molar-refractivity contribution in [3.8, 4) is 0 Å². The molecule has 1 atom stereocenters.